The molecule has 2 heterocycles. The Morgan fingerprint density at radius 2 is 2.25 bits per heavy atom. The molecular weight excluding hydrogens is 340 g/mol. The molecule has 0 atom stereocenters. The second-order valence-corrected chi connectivity index (χ2v) is 6.05. The standard InChI is InChI=1S/C14H11BrN2O2S/c1-19-12-3-2-9(6-10(12)15)7-17-8-16-11-4-5-20-13(11)14(17)18/h2-6,8H,7H2,1H3. The van der Waals surface area contributed by atoms with Crippen molar-refractivity contribution < 1.29 is 4.74 Å². The highest BCUT2D eigenvalue weighted by molar-refractivity contribution is 9.10. The summed E-state index contributed by atoms with van der Waals surface area (Å²) in [5.41, 5.74) is 1.77. The molecule has 0 fully saturated rings. The van der Waals surface area contributed by atoms with Crippen LogP contribution < -0.4 is 10.3 Å². The first kappa shape index (κ1) is 13.3. The molecule has 0 aliphatic heterocycles. The van der Waals surface area contributed by atoms with Gasteiger partial charge in [-0.15, -0.1) is 11.3 Å². The molecule has 6 heteroatoms. The molecule has 0 saturated carbocycles. The van der Waals surface area contributed by atoms with E-state index in [1.165, 1.54) is 11.3 Å². The van der Waals surface area contributed by atoms with E-state index in [1.807, 2.05) is 29.6 Å². The maximum absolute atomic E-state index is 12.3. The number of benzene rings is 1. The van der Waals surface area contributed by atoms with Crippen LogP contribution in [0.25, 0.3) is 10.2 Å². The van der Waals surface area contributed by atoms with Crippen LogP contribution >= 0.6 is 27.3 Å². The molecule has 4 nitrogen and oxygen atoms in total. The second-order valence-electron chi connectivity index (χ2n) is 4.28. The maximum atomic E-state index is 12.3. The summed E-state index contributed by atoms with van der Waals surface area (Å²) in [4.78, 5) is 16.6. The highest BCUT2D eigenvalue weighted by Gasteiger charge is 2.07. The summed E-state index contributed by atoms with van der Waals surface area (Å²) in [7, 11) is 1.62. The average Bonchev–Trinajstić information content (AvgIpc) is 2.91. The van der Waals surface area contributed by atoms with Gasteiger partial charge in [0.25, 0.3) is 5.56 Å². The van der Waals surface area contributed by atoms with Crippen LogP contribution in [0.4, 0.5) is 0 Å². The van der Waals surface area contributed by atoms with Crippen molar-refractivity contribution in [2.75, 3.05) is 7.11 Å². The Morgan fingerprint density at radius 3 is 3.00 bits per heavy atom. The lowest BCUT2D eigenvalue weighted by molar-refractivity contribution is 0.412. The maximum Gasteiger partial charge on any atom is 0.271 e. The molecule has 0 aliphatic carbocycles. The SMILES string of the molecule is COc1ccc(Cn2cnc3ccsc3c2=O)cc1Br. The first-order valence-corrected chi connectivity index (χ1v) is 7.61. The average molecular weight is 351 g/mol. The molecule has 102 valence electrons. The number of aromatic nitrogens is 2. The van der Waals surface area contributed by atoms with Gasteiger partial charge in [0.1, 0.15) is 10.4 Å². The van der Waals surface area contributed by atoms with E-state index in [4.69, 9.17) is 4.74 Å². The van der Waals surface area contributed by atoms with Crippen molar-refractivity contribution >= 4 is 37.5 Å². The van der Waals surface area contributed by atoms with Gasteiger partial charge in [-0.25, -0.2) is 4.98 Å². The topological polar surface area (TPSA) is 44.1 Å². The Morgan fingerprint density at radius 1 is 1.40 bits per heavy atom. The van der Waals surface area contributed by atoms with Gasteiger partial charge in [-0.3, -0.25) is 9.36 Å². The largest absolute Gasteiger partial charge is 0.496 e. The fraction of sp³-hybridized carbons (Fsp3) is 0.143. The van der Waals surface area contributed by atoms with Crippen molar-refractivity contribution in [2.24, 2.45) is 0 Å². The third-order valence-corrected chi connectivity index (χ3v) is 4.52. The van der Waals surface area contributed by atoms with Crippen molar-refractivity contribution in [3.63, 3.8) is 0 Å². The first-order valence-electron chi connectivity index (χ1n) is 5.94. The van der Waals surface area contributed by atoms with Crippen LogP contribution in [0, 0.1) is 0 Å². The van der Waals surface area contributed by atoms with Crippen molar-refractivity contribution in [3.8, 4) is 5.75 Å². The molecule has 0 aliphatic rings. The molecule has 2 aromatic heterocycles. The Labute approximate surface area is 127 Å². The van der Waals surface area contributed by atoms with Gasteiger partial charge in [0.05, 0.1) is 30.0 Å². The molecular formula is C14H11BrN2O2S. The normalized spacial score (nSPS) is 10.9. The van der Waals surface area contributed by atoms with Crippen LogP contribution in [0.1, 0.15) is 5.56 Å². The molecule has 1 aromatic carbocycles. The molecule has 0 unspecified atom stereocenters. The zero-order valence-corrected chi connectivity index (χ0v) is 13.1. The number of rotatable bonds is 3. The summed E-state index contributed by atoms with van der Waals surface area (Å²) in [6.45, 7) is 0.488. The third-order valence-electron chi connectivity index (χ3n) is 3.00. The zero-order chi connectivity index (χ0) is 14.1. The van der Waals surface area contributed by atoms with E-state index in [-0.39, 0.29) is 5.56 Å². The molecule has 0 N–H and O–H groups in total. The second kappa shape index (κ2) is 5.38. The molecule has 0 spiro atoms. The molecule has 3 aromatic rings. The number of thiophene rings is 1. The third kappa shape index (κ3) is 2.36. The summed E-state index contributed by atoms with van der Waals surface area (Å²) in [6, 6.07) is 7.62. The molecule has 0 radical (unpaired) electrons. The van der Waals surface area contributed by atoms with Gasteiger partial charge in [-0.1, -0.05) is 6.07 Å². The monoisotopic (exact) mass is 350 g/mol. The lowest BCUT2D eigenvalue weighted by atomic mass is 10.2. The minimum atomic E-state index is -0.00283. The van der Waals surface area contributed by atoms with E-state index >= 15 is 0 Å². The molecule has 3 rings (SSSR count). The minimum absolute atomic E-state index is 0.00283. The van der Waals surface area contributed by atoms with Crippen LogP contribution in [0.3, 0.4) is 0 Å². The summed E-state index contributed by atoms with van der Waals surface area (Å²) in [5, 5.41) is 1.88. The van der Waals surface area contributed by atoms with E-state index in [0.717, 1.165) is 21.3 Å². The lowest BCUT2D eigenvalue weighted by Gasteiger charge is -2.08. The molecule has 20 heavy (non-hydrogen) atoms. The van der Waals surface area contributed by atoms with E-state index in [0.29, 0.717) is 11.2 Å². The number of methoxy groups -OCH3 is 1. The fourth-order valence-electron chi connectivity index (χ4n) is 2.00. The highest BCUT2D eigenvalue weighted by Crippen LogP contribution is 2.25. The molecule has 0 bridgehead atoms. The van der Waals surface area contributed by atoms with Crippen molar-refractivity contribution in [1.82, 2.24) is 9.55 Å². The van der Waals surface area contributed by atoms with Crippen LogP contribution in [0.15, 0.2) is 45.2 Å². The number of halogens is 1. The fourth-order valence-corrected chi connectivity index (χ4v) is 3.38. The zero-order valence-electron chi connectivity index (χ0n) is 10.7. The van der Waals surface area contributed by atoms with Crippen LogP contribution in [-0.4, -0.2) is 16.7 Å². The number of fused-ring (bicyclic) bond motifs is 1. The lowest BCUT2D eigenvalue weighted by Crippen LogP contribution is -2.20. The van der Waals surface area contributed by atoms with Gasteiger partial charge in [-0.2, -0.15) is 0 Å². The summed E-state index contributed by atoms with van der Waals surface area (Å²) in [5.74, 6) is 0.771. The van der Waals surface area contributed by atoms with Crippen molar-refractivity contribution in [1.29, 1.82) is 0 Å². The van der Waals surface area contributed by atoms with Gasteiger partial charge in [0.2, 0.25) is 0 Å². The number of nitrogens with zero attached hydrogens (tertiary/aromatic N) is 2. The van der Waals surface area contributed by atoms with Gasteiger partial charge >= 0.3 is 0 Å². The predicted molar refractivity (Wildman–Crippen MR) is 83.7 cm³/mol. The van der Waals surface area contributed by atoms with E-state index in [2.05, 4.69) is 20.9 Å². The van der Waals surface area contributed by atoms with E-state index < -0.39 is 0 Å². The Bertz CT molecular complexity index is 825. The van der Waals surface area contributed by atoms with Crippen LogP contribution in [-0.2, 0) is 6.54 Å². The smallest absolute Gasteiger partial charge is 0.271 e. The quantitative estimate of drug-likeness (QED) is 0.728. The van der Waals surface area contributed by atoms with Crippen molar-refractivity contribution in [3.05, 3.63) is 56.4 Å². The highest BCUT2D eigenvalue weighted by atomic mass is 79.9. The number of hydrogen-bond donors (Lipinski definition) is 0. The first-order chi connectivity index (χ1) is 9.69. The van der Waals surface area contributed by atoms with E-state index in [1.54, 1.807) is 18.0 Å². The van der Waals surface area contributed by atoms with Crippen LogP contribution in [0.2, 0.25) is 0 Å². The van der Waals surface area contributed by atoms with Gasteiger partial charge in [0.15, 0.2) is 0 Å². The predicted octanol–water partition coefficient (Wildman–Crippen LogP) is 3.28. The van der Waals surface area contributed by atoms with Gasteiger partial charge in [0, 0.05) is 0 Å². The summed E-state index contributed by atoms with van der Waals surface area (Å²) in [6.07, 6.45) is 1.59. The number of hydrogen-bond acceptors (Lipinski definition) is 4. The van der Waals surface area contributed by atoms with Crippen molar-refractivity contribution in [2.45, 2.75) is 6.54 Å². The van der Waals surface area contributed by atoms with Gasteiger partial charge < -0.3 is 4.74 Å². The summed E-state index contributed by atoms with van der Waals surface area (Å²) < 4.78 is 8.38. The van der Waals surface area contributed by atoms with Gasteiger partial charge in [-0.05, 0) is 45.1 Å². The Kier molecular flexibility index (Phi) is 3.58. The molecule has 0 saturated heterocycles. The summed E-state index contributed by atoms with van der Waals surface area (Å²) >= 11 is 4.87. The Balaban J connectivity index is 1.98. The number of ether oxygens (including phenoxy) is 1. The Hall–Kier alpha value is -1.66. The van der Waals surface area contributed by atoms with E-state index in [9.17, 15) is 4.79 Å². The molecule has 0 amide bonds. The van der Waals surface area contributed by atoms with Crippen LogP contribution in [0.5, 0.6) is 5.75 Å². The minimum Gasteiger partial charge on any atom is -0.496 e.